The fourth-order valence-electron chi connectivity index (χ4n) is 3.38. The van der Waals surface area contributed by atoms with Crippen LogP contribution in [0.3, 0.4) is 0 Å². The SMILES string of the molecule is CC1OC1(c1ccccc1)C1/C=C\CCCCC1. The summed E-state index contributed by atoms with van der Waals surface area (Å²) in [5.41, 5.74) is 1.32. The maximum Gasteiger partial charge on any atom is 0.126 e. The first-order valence-corrected chi connectivity index (χ1v) is 7.24. The van der Waals surface area contributed by atoms with Crippen molar-refractivity contribution in [2.45, 2.75) is 50.7 Å². The highest BCUT2D eigenvalue weighted by Gasteiger charge is 2.58. The van der Waals surface area contributed by atoms with Gasteiger partial charge in [-0.1, -0.05) is 55.3 Å². The molecule has 18 heavy (non-hydrogen) atoms. The Kier molecular flexibility index (Phi) is 3.25. The average Bonchev–Trinajstić information content (AvgIpc) is 3.03. The van der Waals surface area contributed by atoms with Crippen LogP contribution in [0, 0.1) is 5.92 Å². The third kappa shape index (κ3) is 2.01. The van der Waals surface area contributed by atoms with E-state index in [0.29, 0.717) is 12.0 Å². The molecule has 3 rings (SSSR count). The van der Waals surface area contributed by atoms with E-state index in [1.165, 1.54) is 37.7 Å². The summed E-state index contributed by atoms with van der Waals surface area (Å²) in [6, 6.07) is 10.8. The molecule has 0 amide bonds. The number of benzene rings is 1. The number of allylic oxidation sites excluding steroid dienone is 1. The number of hydrogen-bond donors (Lipinski definition) is 0. The third-order valence-electron chi connectivity index (χ3n) is 4.45. The molecule has 96 valence electrons. The lowest BCUT2D eigenvalue weighted by Gasteiger charge is -2.24. The molecule has 1 saturated heterocycles. The second kappa shape index (κ2) is 4.89. The van der Waals surface area contributed by atoms with Gasteiger partial charge in [0.1, 0.15) is 5.60 Å². The number of hydrogen-bond acceptors (Lipinski definition) is 1. The summed E-state index contributed by atoms with van der Waals surface area (Å²) in [7, 11) is 0. The molecule has 1 fully saturated rings. The van der Waals surface area contributed by atoms with Crippen LogP contribution in [0.2, 0.25) is 0 Å². The first kappa shape index (κ1) is 12.0. The summed E-state index contributed by atoms with van der Waals surface area (Å²) in [4.78, 5) is 0. The Hall–Kier alpha value is -1.08. The van der Waals surface area contributed by atoms with Gasteiger partial charge in [-0.2, -0.15) is 0 Å². The average molecular weight is 242 g/mol. The number of ether oxygens (including phenoxy) is 1. The Labute approximate surface area is 110 Å². The summed E-state index contributed by atoms with van der Waals surface area (Å²) in [5.74, 6) is 0.551. The van der Waals surface area contributed by atoms with Gasteiger partial charge in [0, 0.05) is 5.92 Å². The summed E-state index contributed by atoms with van der Waals surface area (Å²) in [5, 5.41) is 0. The zero-order valence-electron chi connectivity index (χ0n) is 11.1. The molecule has 1 aliphatic carbocycles. The fraction of sp³-hybridized carbons (Fsp3) is 0.529. The highest BCUT2D eigenvalue weighted by molar-refractivity contribution is 5.32. The van der Waals surface area contributed by atoms with Gasteiger partial charge >= 0.3 is 0 Å². The van der Waals surface area contributed by atoms with Crippen molar-refractivity contribution in [2.75, 3.05) is 0 Å². The maximum atomic E-state index is 6.08. The quantitative estimate of drug-likeness (QED) is 0.552. The van der Waals surface area contributed by atoms with Crippen molar-refractivity contribution in [1.29, 1.82) is 0 Å². The van der Waals surface area contributed by atoms with Crippen LogP contribution in [0.25, 0.3) is 0 Å². The first-order chi connectivity index (χ1) is 8.84. The Balaban J connectivity index is 1.89. The van der Waals surface area contributed by atoms with Crippen molar-refractivity contribution >= 4 is 0 Å². The molecule has 1 aromatic carbocycles. The predicted octanol–water partition coefficient (Wildman–Crippen LogP) is 4.44. The van der Waals surface area contributed by atoms with E-state index in [4.69, 9.17) is 4.74 Å². The summed E-state index contributed by atoms with van der Waals surface area (Å²) in [6.07, 6.45) is 11.7. The molecule has 3 atom stereocenters. The number of epoxide rings is 1. The lowest BCUT2D eigenvalue weighted by Crippen LogP contribution is -2.23. The van der Waals surface area contributed by atoms with E-state index in [9.17, 15) is 0 Å². The lowest BCUT2D eigenvalue weighted by atomic mass is 9.79. The summed E-state index contributed by atoms with van der Waals surface area (Å²) < 4.78 is 6.08. The molecule has 0 aromatic heterocycles. The van der Waals surface area contributed by atoms with Gasteiger partial charge in [-0.15, -0.1) is 0 Å². The van der Waals surface area contributed by atoms with E-state index in [0.717, 1.165) is 0 Å². The van der Waals surface area contributed by atoms with E-state index < -0.39 is 0 Å². The van der Waals surface area contributed by atoms with Gasteiger partial charge in [0.25, 0.3) is 0 Å². The van der Waals surface area contributed by atoms with E-state index in [-0.39, 0.29) is 5.60 Å². The van der Waals surface area contributed by atoms with E-state index >= 15 is 0 Å². The van der Waals surface area contributed by atoms with Gasteiger partial charge in [-0.25, -0.2) is 0 Å². The van der Waals surface area contributed by atoms with Crippen molar-refractivity contribution < 1.29 is 4.74 Å². The van der Waals surface area contributed by atoms with Crippen LogP contribution in [0.15, 0.2) is 42.5 Å². The molecule has 2 aliphatic rings. The van der Waals surface area contributed by atoms with Gasteiger partial charge in [0.05, 0.1) is 6.10 Å². The Morgan fingerprint density at radius 2 is 1.89 bits per heavy atom. The van der Waals surface area contributed by atoms with Crippen molar-refractivity contribution in [2.24, 2.45) is 5.92 Å². The zero-order chi connectivity index (χ0) is 12.4. The minimum absolute atomic E-state index is 0.0326. The first-order valence-electron chi connectivity index (χ1n) is 7.24. The number of rotatable bonds is 2. The topological polar surface area (TPSA) is 12.5 Å². The maximum absolute atomic E-state index is 6.08. The second-order valence-electron chi connectivity index (χ2n) is 5.59. The van der Waals surface area contributed by atoms with Gasteiger partial charge < -0.3 is 4.74 Å². The molecule has 1 heteroatoms. The van der Waals surface area contributed by atoms with Crippen molar-refractivity contribution in [3.05, 3.63) is 48.0 Å². The predicted molar refractivity (Wildman–Crippen MR) is 74.4 cm³/mol. The van der Waals surface area contributed by atoms with Crippen LogP contribution in [0.4, 0.5) is 0 Å². The minimum Gasteiger partial charge on any atom is -0.361 e. The smallest absolute Gasteiger partial charge is 0.126 e. The van der Waals surface area contributed by atoms with Crippen LogP contribution in [0.1, 0.15) is 44.6 Å². The zero-order valence-corrected chi connectivity index (χ0v) is 11.1. The van der Waals surface area contributed by atoms with Crippen molar-refractivity contribution in [3.8, 4) is 0 Å². The van der Waals surface area contributed by atoms with Crippen LogP contribution in [0.5, 0.6) is 0 Å². The van der Waals surface area contributed by atoms with Crippen molar-refractivity contribution in [1.82, 2.24) is 0 Å². The molecule has 0 spiro atoms. The highest BCUT2D eigenvalue weighted by atomic mass is 16.6. The Morgan fingerprint density at radius 1 is 1.11 bits per heavy atom. The van der Waals surface area contributed by atoms with Crippen molar-refractivity contribution in [3.63, 3.8) is 0 Å². The van der Waals surface area contributed by atoms with Gasteiger partial charge in [0.2, 0.25) is 0 Å². The van der Waals surface area contributed by atoms with Crippen LogP contribution >= 0.6 is 0 Å². The molecule has 0 radical (unpaired) electrons. The lowest BCUT2D eigenvalue weighted by molar-refractivity contribution is 0.232. The third-order valence-corrected chi connectivity index (χ3v) is 4.45. The standard InChI is InChI=1S/C17H22O/c1-14-17(18-14,16-12-8-5-9-13-16)15-10-6-3-2-4-7-11-15/h5-6,8-10,12-15H,2-4,7,11H2,1H3/b10-6-. The molecular weight excluding hydrogens is 220 g/mol. The van der Waals surface area contributed by atoms with Crippen LogP contribution < -0.4 is 0 Å². The van der Waals surface area contributed by atoms with Gasteiger partial charge in [0.15, 0.2) is 0 Å². The summed E-state index contributed by atoms with van der Waals surface area (Å²) in [6.45, 7) is 2.21. The molecule has 1 nitrogen and oxygen atoms in total. The largest absolute Gasteiger partial charge is 0.361 e. The second-order valence-corrected chi connectivity index (χ2v) is 5.59. The molecule has 3 unspecified atom stereocenters. The van der Waals surface area contributed by atoms with Crippen LogP contribution in [-0.2, 0) is 10.3 Å². The van der Waals surface area contributed by atoms with Gasteiger partial charge in [-0.3, -0.25) is 0 Å². The Bertz CT molecular complexity index is 422. The normalized spacial score (nSPS) is 37.6. The van der Waals surface area contributed by atoms with Gasteiger partial charge in [-0.05, 0) is 31.7 Å². The molecule has 0 bridgehead atoms. The molecule has 1 aliphatic heterocycles. The molecule has 1 heterocycles. The monoisotopic (exact) mass is 242 g/mol. The molecule has 1 aromatic rings. The van der Waals surface area contributed by atoms with E-state index in [1.807, 2.05) is 0 Å². The Morgan fingerprint density at radius 3 is 2.61 bits per heavy atom. The molecule has 0 saturated carbocycles. The minimum atomic E-state index is -0.0326. The van der Waals surface area contributed by atoms with E-state index in [1.54, 1.807) is 0 Å². The van der Waals surface area contributed by atoms with Crippen LogP contribution in [-0.4, -0.2) is 6.10 Å². The fourth-order valence-corrected chi connectivity index (χ4v) is 3.38. The summed E-state index contributed by atoms with van der Waals surface area (Å²) >= 11 is 0. The molecule has 0 N–H and O–H groups in total. The highest BCUT2D eigenvalue weighted by Crippen LogP contribution is 2.54. The van der Waals surface area contributed by atoms with E-state index in [2.05, 4.69) is 49.4 Å². The molecular formula is C17H22O.